The van der Waals surface area contributed by atoms with E-state index in [0.717, 1.165) is 19.6 Å². The molecule has 0 aliphatic carbocycles. The third kappa shape index (κ3) is 2.04. The third-order valence-corrected chi connectivity index (χ3v) is 2.75. The predicted molar refractivity (Wildman–Crippen MR) is 50.8 cm³/mol. The van der Waals surface area contributed by atoms with Gasteiger partial charge in [0, 0.05) is 13.1 Å². The lowest BCUT2D eigenvalue weighted by Crippen LogP contribution is -2.35. The summed E-state index contributed by atoms with van der Waals surface area (Å²) in [5.74, 6) is -0.184. The minimum atomic E-state index is -0.241. The predicted octanol–water partition coefficient (Wildman–Crippen LogP) is -0.366. The normalized spacial score (nSPS) is 23.3. The fourth-order valence-corrected chi connectivity index (χ4v) is 1.93. The average molecular weight is 197 g/mol. The molecule has 0 spiro atoms. The summed E-state index contributed by atoms with van der Waals surface area (Å²) in [6.07, 6.45) is 2.51. The Bertz CT molecular complexity index is 248. The van der Waals surface area contributed by atoms with Crippen LogP contribution in [0.2, 0.25) is 0 Å². The number of nitrogens with one attached hydrogen (secondary N) is 1. The first-order valence-electron chi connectivity index (χ1n) is 5.07. The van der Waals surface area contributed by atoms with Gasteiger partial charge in [0.2, 0.25) is 5.91 Å². The highest BCUT2D eigenvalue weighted by atomic mass is 16.2. The molecule has 78 valence electrons. The van der Waals surface area contributed by atoms with Crippen molar-refractivity contribution < 1.29 is 9.59 Å². The van der Waals surface area contributed by atoms with Gasteiger partial charge >= 0.3 is 6.03 Å². The molecule has 2 aliphatic heterocycles. The van der Waals surface area contributed by atoms with E-state index in [2.05, 4.69) is 10.2 Å². The number of carbonyl (C=O) groups is 2. The SMILES string of the molecule is O=C1CN(CCN2CCCC2)C(=O)N1. The maximum absolute atomic E-state index is 11.2. The van der Waals surface area contributed by atoms with Crippen molar-refractivity contribution in [1.29, 1.82) is 0 Å². The van der Waals surface area contributed by atoms with E-state index in [1.165, 1.54) is 12.8 Å². The summed E-state index contributed by atoms with van der Waals surface area (Å²) in [5.41, 5.74) is 0. The van der Waals surface area contributed by atoms with Crippen LogP contribution >= 0.6 is 0 Å². The second-order valence-electron chi connectivity index (χ2n) is 3.82. The summed E-state index contributed by atoms with van der Waals surface area (Å²) in [6.45, 7) is 4.04. The van der Waals surface area contributed by atoms with Crippen LogP contribution in [0.4, 0.5) is 4.79 Å². The molecule has 2 saturated heterocycles. The molecule has 0 aromatic carbocycles. The number of hydrogen-bond acceptors (Lipinski definition) is 3. The van der Waals surface area contributed by atoms with Crippen molar-refractivity contribution in [2.75, 3.05) is 32.7 Å². The van der Waals surface area contributed by atoms with E-state index in [-0.39, 0.29) is 18.5 Å². The van der Waals surface area contributed by atoms with Crippen molar-refractivity contribution in [1.82, 2.24) is 15.1 Å². The van der Waals surface area contributed by atoms with Gasteiger partial charge in [0.15, 0.2) is 0 Å². The van der Waals surface area contributed by atoms with Crippen molar-refractivity contribution in [3.05, 3.63) is 0 Å². The summed E-state index contributed by atoms with van der Waals surface area (Å²) in [4.78, 5) is 25.9. The molecule has 0 atom stereocenters. The molecule has 2 aliphatic rings. The molecule has 0 unspecified atom stereocenters. The van der Waals surface area contributed by atoms with Gasteiger partial charge in [-0.3, -0.25) is 10.1 Å². The van der Waals surface area contributed by atoms with Crippen LogP contribution < -0.4 is 5.32 Å². The minimum absolute atomic E-state index is 0.184. The van der Waals surface area contributed by atoms with Crippen LogP contribution in [0, 0.1) is 0 Å². The lowest BCUT2D eigenvalue weighted by molar-refractivity contribution is -0.118. The first-order chi connectivity index (χ1) is 6.75. The molecule has 14 heavy (non-hydrogen) atoms. The molecule has 5 heteroatoms. The highest BCUT2D eigenvalue weighted by molar-refractivity contribution is 6.01. The molecule has 2 heterocycles. The van der Waals surface area contributed by atoms with Gasteiger partial charge < -0.3 is 9.80 Å². The Labute approximate surface area is 83.0 Å². The Morgan fingerprint density at radius 3 is 2.43 bits per heavy atom. The molecule has 3 amide bonds. The number of nitrogens with zero attached hydrogens (tertiary/aromatic N) is 2. The van der Waals surface area contributed by atoms with Crippen molar-refractivity contribution in [3.63, 3.8) is 0 Å². The smallest absolute Gasteiger partial charge is 0.314 e. The zero-order chi connectivity index (χ0) is 9.97. The molecule has 0 aromatic rings. The van der Waals surface area contributed by atoms with Gasteiger partial charge in [-0.25, -0.2) is 4.79 Å². The average Bonchev–Trinajstić information content (AvgIpc) is 2.72. The Balaban J connectivity index is 1.74. The van der Waals surface area contributed by atoms with Gasteiger partial charge in [0.25, 0.3) is 0 Å². The van der Waals surface area contributed by atoms with Crippen LogP contribution in [-0.4, -0.2) is 54.5 Å². The van der Waals surface area contributed by atoms with Crippen LogP contribution in [0.15, 0.2) is 0 Å². The molecule has 2 fully saturated rings. The maximum Gasteiger partial charge on any atom is 0.324 e. The largest absolute Gasteiger partial charge is 0.324 e. The number of hydrogen-bond donors (Lipinski definition) is 1. The number of likely N-dealkylation sites (tertiary alicyclic amines) is 1. The van der Waals surface area contributed by atoms with E-state index in [1.54, 1.807) is 4.90 Å². The third-order valence-electron chi connectivity index (χ3n) is 2.75. The fraction of sp³-hybridized carbons (Fsp3) is 0.778. The molecule has 0 saturated carbocycles. The Hall–Kier alpha value is -1.10. The second kappa shape index (κ2) is 3.96. The maximum atomic E-state index is 11.2. The Kier molecular flexibility index (Phi) is 2.67. The van der Waals surface area contributed by atoms with E-state index in [4.69, 9.17) is 0 Å². The minimum Gasteiger partial charge on any atom is -0.314 e. The monoisotopic (exact) mass is 197 g/mol. The van der Waals surface area contributed by atoms with E-state index in [1.807, 2.05) is 0 Å². The van der Waals surface area contributed by atoms with Crippen molar-refractivity contribution >= 4 is 11.9 Å². The molecule has 5 nitrogen and oxygen atoms in total. The van der Waals surface area contributed by atoms with Gasteiger partial charge in [0.05, 0.1) is 0 Å². The fourth-order valence-electron chi connectivity index (χ4n) is 1.93. The van der Waals surface area contributed by atoms with Crippen molar-refractivity contribution in [2.24, 2.45) is 0 Å². The molecular weight excluding hydrogens is 182 g/mol. The molecule has 0 radical (unpaired) electrons. The molecule has 0 bridgehead atoms. The number of carbonyl (C=O) groups excluding carboxylic acids is 2. The summed E-state index contributed by atoms with van der Waals surface area (Å²) in [7, 11) is 0. The topological polar surface area (TPSA) is 52.7 Å². The van der Waals surface area contributed by atoms with Crippen LogP contribution in [0.3, 0.4) is 0 Å². The second-order valence-corrected chi connectivity index (χ2v) is 3.82. The quantitative estimate of drug-likeness (QED) is 0.628. The molecule has 1 N–H and O–H groups in total. The summed E-state index contributed by atoms with van der Waals surface area (Å²) < 4.78 is 0. The lowest BCUT2D eigenvalue weighted by Gasteiger charge is -2.18. The standard InChI is InChI=1S/C9H15N3O2/c13-8-7-12(9(14)10-8)6-5-11-3-1-2-4-11/h1-7H2,(H,10,13,14). The first kappa shape index (κ1) is 9.45. The van der Waals surface area contributed by atoms with Gasteiger partial charge in [-0.05, 0) is 25.9 Å². The van der Waals surface area contributed by atoms with E-state index >= 15 is 0 Å². The molecular formula is C9H15N3O2. The number of amides is 3. The zero-order valence-corrected chi connectivity index (χ0v) is 8.16. The van der Waals surface area contributed by atoms with E-state index in [0.29, 0.717) is 6.54 Å². The highest BCUT2D eigenvalue weighted by Crippen LogP contribution is 2.07. The number of urea groups is 1. The van der Waals surface area contributed by atoms with Crippen molar-refractivity contribution in [3.8, 4) is 0 Å². The van der Waals surface area contributed by atoms with Gasteiger partial charge in [-0.15, -0.1) is 0 Å². The highest BCUT2D eigenvalue weighted by Gasteiger charge is 2.26. The first-order valence-corrected chi connectivity index (χ1v) is 5.07. The van der Waals surface area contributed by atoms with Crippen LogP contribution in [0.5, 0.6) is 0 Å². The van der Waals surface area contributed by atoms with Crippen LogP contribution in [0.1, 0.15) is 12.8 Å². The molecule has 2 rings (SSSR count). The van der Waals surface area contributed by atoms with E-state index < -0.39 is 0 Å². The van der Waals surface area contributed by atoms with Crippen LogP contribution in [0.25, 0.3) is 0 Å². The van der Waals surface area contributed by atoms with Gasteiger partial charge in [0.1, 0.15) is 6.54 Å². The Morgan fingerprint density at radius 2 is 1.86 bits per heavy atom. The summed E-state index contributed by atoms with van der Waals surface area (Å²) in [5, 5.41) is 2.27. The number of rotatable bonds is 3. The Morgan fingerprint density at radius 1 is 1.14 bits per heavy atom. The molecule has 0 aromatic heterocycles. The van der Waals surface area contributed by atoms with Crippen LogP contribution in [-0.2, 0) is 4.79 Å². The van der Waals surface area contributed by atoms with E-state index in [9.17, 15) is 9.59 Å². The number of imide groups is 1. The van der Waals surface area contributed by atoms with Crippen molar-refractivity contribution in [2.45, 2.75) is 12.8 Å². The summed E-state index contributed by atoms with van der Waals surface area (Å²) >= 11 is 0. The van der Waals surface area contributed by atoms with Gasteiger partial charge in [-0.2, -0.15) is 0 Å². The lowest BCUT2D eigenvalue weighted by atomic mass is 10.4. The zero-order valence-electron chi connectivity index (χ0n) is 8.16. The summed E-state index contributed by atoms with van der Waals surface area (Å²) in [6, 6.07) is -0.241. The van der Waals surface area contributed by atoms with Gasteiger partial charge in [-0.1, -0.05) is 0 Å².